The topological polar surface area (TPSA) is 55.9 Å². The van der Waals surface area contributed by atoms with E-state index in [1.807, 2.05) is 19.1 Å². The van der Waals surface area contributed by atoms with E-state index in [-0.39, 0.29) is 0 Å². The van der Waals surface area contributed by atoms with Gasteiger partial charge in [-0.2, -0.15) is 0 Å². The van der Waals surface area contributed by atoms with Gasteiger partial charge in [0.15, 0.2) is 11.5 Å². The zero-order valence-electron chi connectivity index (χ0n) is 11.6. The highest BCUT2D eigenvalue weighted by atomic mass is 16.3. The zero-order valence-corrected chi connectivity index (χ0v) is 11.6. The van der Waals surface area contributed by atoms with Crippen LogP contribution in [0, 0.1) is 13.8 Å². The van der Waals surface area contributed by atoms with E-state index in [2.05, 4.69) is 27.9 Å². The second kappa shape index (κ2) is 4.10. The molecule has 4 rings (SSSR count). The lowest BCUT2D eigenvalue weighted by Crippen LogP contribution is -2.17. The maximum atomic E-state index is 5.61. The lowest BCUT2D eigenvalue weighted by molar-refractivity contribution is 0.561. The summed E-state index contributed by atoms with van der Waals surface area (Å²) in [5.74, 6) is 1.66. The molecule has 3 heterocycles. The first-order valence-electron chi connectivity index (χ1n) is 6.91. The van der Waals surface area contributed by atoms with Crippen LogP contribution in [0.5, 0.6) is 0 Å². The zero-order chi connectivity index (χ0) is 13.7. The average molecular weight is 268 g/mol. The predicted octanol–water partition coefficient (Wildman–Crippen LogP) is 3.12. The fourth-order valence-electron chi connectivity index (χ4n) is 2.84. The molecule has 0 unspecified atom stereocenters. The van der Waals surface area contributed by atoms with E-state index in [1.54, 1.807) is 0 Å². The number of hydrogen-bond acceptors (Lipinski definition) is 4. The van der Waals surface area contributed by atoms with Gasteiger partial charge in [0.05, 0.1) is 5.69 Å². The van der Waals surface area contributed by atoms with Crippen molar-refractivity contribution in [3.05, 3.63) is 29.8 Å². The molecule has 5 nitrogen and oxygen atoms in total. The van der Waals surface area contributed by atoms with Crippen LogP contribution in [-0.4, -0.2) is 21.1 Å². The van der Waals surface area contributed by atoms with Crippen LogP contribution in [0.3, 0.4) is 0 Å². The second-order valence-corrected chi connectivity index (χ2v) is 5.22. The van der Waals surface area contributed by atoms with Crippen molar-refractivity contribution in [2.45, 2.75) is 26.8 Å². The van der Waals surface area contributed by atoms with Crippen LogP contribution >= 0.6 is 0 Å². The van der Waals surface area contributed by atoms with Gasteiger partial charge in [0.2, 0.25) is 5.95 Å². The van der Waals surface area contributed by atoms with Crippen molar-refractivity contribution >= 4 is 17.0 Å². The number of hydrogen-bond donors (Lipinski definition) is 1. The molecule has 0 bridgehead atoms. The number of oxazole rings is 1. The summed E-state index contributed by atoms with van der Waals surface area (Å²) < 4.78 is 7.86. The van der Waals surface area contributed by atoms with Gasteiger partial charge in [0.25, 0.3) is 0 Å². The molecule has 0 aliphatic carbocycles. The number of benzene rings is 1. The van der Waals surface area contributed by atoms with Crippen LogP contribution in [0.4, 0.5) is 5.95 Å². The molecule has 5 heteroatoms. The Morgan fingerprint density at radius 3 is 3.00 bits per heavy atom. The molecule has 0 fully saturated rings. The minimum absolute atomic E-state index is 0.694. The first-order valence-corrected chi connectivity index (χ1v) is 6.91. The molecule has 0 amide bonds. The van der Waals surface area contributed by atoms with Crippen molar-refractivity contribution in [3.63, 3.8) is 0 Å². The fraction of sp³-hybridized carbons (Fsp3) is 0.333. The summed E-state index contributed by atoms with van der Waals surface area (Å²) in [7, 11) is 0. The number of rotatable bonds is 1. The van der Waals surface area contributed by atoms with Gasteiger partial charge < -0.3 is 14.3 Å². The summed E-state index contributed by atoms with van der Waals surface area (Å²) >= 11 is 0. The number of nitrogens with one attached hydrogen (secondary N) is 1. The summed E-state index contributed by atoms with van der Waals surface area (Å²) in [6.45, 7) is 6.01. The van der Waals surface area contributed by atoms with E-state index >= 15 is 0 Å². The average Bonchev–Trinajstić information content (AvgIpc) is 2.98. The molecule has 0 saturated carbocycles. The van der Waals surface area contributed by atoms with Crippen molar-refractivity contribution in [2.75, 3.05) is 11.9 Å². The summed E-state index contributed by atoms with van der Waals surface area (Å²) in [5.41, 5.74) is 5.01. The SMILES string of the molecule is Cc1nc2ccc(-c3nc4n(c3C)CCCN4)cc2o1. The first kappa shape index (κ1) is 11.5. The highest BCUT2D eigenvalue weighted by molar-refractivity contribution is 5.80. The van der Waals surface area contributed by atoms with E-state index in [0.717, 1.165) is 47.8 Å². The first-order chi connectivity index (χ1) is 9.72. The molecule has 2 aromatic heterocycles. The number of aryl methyl sites for hydroxylation is 1. The smallest absolute Gasteiger partial charge is 0.203 e. The molecule has 1 aromatic carbocycles. The number of imidazole rings is 1. The Bertz CT molecular complexity index is 800. The van der Waals surface area contributed by atoms with Gasteiger partial charge in [0.1, 0.15) is 5.52 Å². The van der Waals surface area contributed by atoms with Gasteiger partial charge in [-0.25, -0.2) is 9.97 Å². The monoisotopic (exact) mass is 268 g/mol. The molecule has 3 aromatic rings. The Kier molecular flexibility index (Phi) is 2.36. The Hall–Kier alpha value is -2.30. The Labute approximate surface area is 116 Å². The summed E-state index contributed by atoms with van der Waals surface area (Å²) in [6.07, 6.45) is 1.14. The maximum Gasteiger partial charge on any atom is 0.203 e. The van der Waals surface area contributed by atoms with Crippen molar-refractivity contribution in [1.29, 1.82) is 0 Å². The third-order valence-corrected chi connectivity index (χ3v) is 3.83. The minimum Gasteiger partial charge on any atom is -0.441 e. The highest BCUT2D eigenvalue weighted by Crippen LogP contribution is 2.30. The van der Waals surface area contributed by atoms with Crippen LogP contribution in [-0.2, 0) is 6.54 Å². The minimum atomic E-state index is 0.694. The number of aromatic nitrogens is 3. The molecule has 20 heavy (non-hydrogen) atoms. The molecule has 0 radical (unpaired) electrons. The molecular weight excluding hydrogens is 252 g/mol. The van der Waals surface area contributed by atoms with Crippen molar-refractivity contribution in [3.8, 4) is 11.3 Å². The Balaban J connectivity index is 1.87. The van der Waals surface area contributed by atoms with Crippen LogP contribution in [0.1, 0.15) is 18.0 Å². The molecule has 1 aliphatic rings. The number of nitrogens with zero attached hydrogens (tertiary/aromatic N) is 3. The highest BCUT2D eigenvalue weighted by Gasteiger charge is 2.18. The second-order valence-electron chi connectivity index (χ2n) is 5.22. The number of anilines is 1. The molecular formula is C15H16N4O. The van der Waals surface area contributed by atoms with Crippen LogP contribution in [0.2, 0.25) is 0 Å². The Morgan fingerprint density at radius 2 is 2.15 bits per heavy atom. The van der Waals surface area contributed by atoms with E-state index in [9.17, 15) is 0 Å². The lowest BCUT2D eigenvalue weighted by atomic mass is 10.1. The third kappa shape index (κ3) is 1.62. The third-order valence-electron chi connectivity index (χ3n) is 3.83. The lowest BCUT2D eigenvalue weighted by Gasteiger charge is -2.16. The van der Waals surface area contributed by atoms with Gasteiger partial charge in [-0.05, 0) is 25.5 Å². The summed E-state index contributed by atoms with van der Waals surface area (Å²) in [6, 6.07) is 6.08. The maximum absolute atomic E-state index is 5.61. The van der Waals surface area contributed by atoms with Crippen molar-refractivity contribution in [1.82, 2.24) is 14.5 Å². The molecule has 1 aliphatic heterocycles. The molecule has 1 N–H and O–H groups in total. The number of fused-ring (bicyclic) bond motifs is 2. The van der Waals surface area contributed by atoms with Gasteiger partial charge in [-0.1, -0.05) is 6.07 Å². The molecule has 0 spiro atoms. The van der Waals surface area contributed by atoms with Gasteiger partial charge in [0, 0.05) is 31.3 Å². The summed E-state index contributed by atoms with van der Waals surface area (Å²) in [4.78, 5) is 9.05. The quantitative estimate of drug-likeness (QED) is 0.736. The molecule has 0 atom stereocenters. The van der Waals surface area contributed by atoms with Gasteiger partial charge >= 0.3 is 0 Å². The van der Waals surface area contributed by atoms with Crippen molar-refractivity contribution < 1.29 is 4.42 Å². The van der Waals surface area contributed by atoms with E-state index in [4.69, 9.17) is 9.40 Å². The standard InChI is InChI=1S/C15H16N4O/c1-9-14(18-15-16-6-3-7-19(9)15)11-4-5-12-13(8-11)20-10(2)17-12/h4-5,8H,3,6-7H2,1-2H3,(H,16,18). The predicted molar refractivity (Wildman–Crippen MR) is 77.8 cm³/mol. The molecule has 0 saturated heterocycles. The molecule has 102 valence electrons. The van der Waals surface area contributed by atoms with E-state index < -0.39 is 0 Å². The largest absolute Gasteiger partial charge is 0.441 e. The van der Waals surface area contributed by atoms with Crippen LogP contribution < -0.4 is 5.32 Å². The van der Waals surface area contributed by atoms with E-state index in [0.29, 0.717) is 5.89 Å². The van der Waals surface area contributed by atoms with Gasteiger partial charge in [-0.3, -0.25) is 0 Å². The fourth-order valence-corrected chi connectivity index (χ4v) is 2.84. The Morgan fingerprint density at radius 1 is 1.25 bits per heavy atom. The van der Waals surface area contributed by atoms with Gasteiger partial charge in [-0.15, -0.1) is 0 Å². The van der Waals surface area contributed by atoms with E-state index in [1.165, 1.54) is 5.69 Å². The van der Waals surface area contributed by atoms with Crippen LogP contribution in [0.25, 0.3) is 22.4 Å². The normalized spacial score (nSPS) is 14.3. The summed E-state index contributed by atoms with van der Waals surface area (Å²) in [5, 5.41) is 3.35. The van der Waals surface area contributed by atoms with Crippen LogP contribution in [0.15, 0.2) is 22.6 Å². The van der Waals surface area contributed by atoms with Crippen molar-refractivity contribution in [2.24, 2.45) is 0 Å².